The number of nitriles is 1. The average molecular weight is 276 g/mol. The lowest BCUT2D eigenvalue weighted by Crippen LogP contribution is -2.12. The first-order valence-electron chi connectivity index (χ1n) is 5.27. The lowest BCUT2D eigenvalue weighted by Gasteiger charge is -2.10. The predicted octanol–water partition coefficient (Wildman–Crippen LogP) is 3.38. The molecule has 1 rings (SSSR count). The van der Waals surface area contributed by atoms with Crippen LogP contribution in [0.4, 0.5) is 22.0 Å². The van der Waals surface area contributed by atoms with Crippen LogP contribution in [-0.2, 0) is 0 Å². The molecular weight excluding hydrogens is 267 g/mol. The van der Waals surface area contributed by atoms with Gasteiger partial charge in [-0.1, -0.05) is 13.3 Å². The number of halogens is 5. The van der Waals surface area contributed by atoms with Crippen LogP contribution in [0.1, 0.15) is 25.3 Å². The second-order valence-corrected chi connectivity index (χ2v) is 3.70. The quantitative estimate of drug-likeness (QED) is 0.398. The van der Waals surface area contributed by atoms with Crippen molar-refractivity contribution in [1.82, 2.24) is 0 Å². The van der Waals surface area contributed by atoms with E-state index >= 15 is 0 Å². The van der Waals surface area contributed by atoms with Gasteiger partial charge in [-0.05, 0) is 6.42 Å². The lowest BCUT2D eigenvalue weighted by molar-refractivity contribution is 0.376. The molecule has 0 aliphatic heterocycles. The Morgan fingerprint density at radius 1 is 1.00 bits per heavy atom. The van der Waals surface area contributed by atoms with Gasteiger partial charge >= 0.3 is 0 Å². The van der Waals surface area contributed by atoms with Gasteiger partial charge in [-0.2, -0.15) is 5.26 Å². The van der Waals surface area contributed by atoms with Crippen molar-refractivity contribution < 1.29 is 22.0 Å². The molecule has 0 amide bonds. The van der Waals surface area contributed by atoms with Crippen LogP contribution >= 0.6 is 0 Å². The van der Waals surface area contributed by atoms with Crippen molar-refractivity contribution in [2.24, 2.45) is 5.73 Å². The van der Waals surface area contributed by atoms with Gasteiger partial charge in [-0.25, -0.2) is 22.0 Å². The third kappa shape index (κ3) is 2.52. The standard InChI is InChI=1S/C12H9F5N2/c1-2-3-5(4-18)12(19)6-7(13)9(15)11(17)10(16)8(6)14/h2-3,19H2,1H3. The van der Waals surface area contributed by atoms with Crippen LogP contribution in [0.5, 0.6) is 0 Å². The zero-order valence-electron chi connectivity index (χ0n) is 9.83. The minimum Gasteiger partial charge on any atom is -0.397 e. The number of rotatable bonds is 3. The van der Waals surface area contributed by atoms with E-state index in [1.165, 1.54) is 0 Å². The maximum absolute atomic E-state index is 13.4. The fourth-order valence-electron chi connectivity index (χ4n) is 1.49. The smallest absolute Gasteiger partial charge is 0.200 e. The molecule has 0 aliphatic carbocycles. The Balaban J connectivity index is 3.66. The molecule has 0 aliphatic rings. The highest BCUT2D eigenvalue weighted by Gasteiger charge is 2.27. The van der Waals surface area contributed by atoms with Crippen LogP contribution in [0.15, 0.2) is 5.57 Å². The fourth-order valence-corrected chi connectivity index (χ4v) is 1.49. The molecule has 1 aromatic rings. The Labute approximate surface area is 105 Å². The molecule has 2 nitrogen and oxygen atoms in total. The number of nitrogens with two attached hydrogens (primary N) is 1. The van der Waals surface area contributed by atoms with E-state index in [2.05, 4.69) is 0 Å². The summed E-state index contributed by atoms with van der Waals surface area (Å²) in [5, 5.41) is 8.77. The van der Waals surface area contributed by atoms with Gasteiger partial charge in [0.1, 0.15) is 0 Å². The van der Waals surface area contributed by atoms with E-state index in [0.29, 0.717) is 6.42 Å². The molecule has 0 heterocycles. The third-order valence-corrected chi connectivity index (χ3v) is 2.44. The zero-order valence-corrected chi connectivity index (χ0v) is 9.83. The average Bonchev–Trinajstić information content (AvgIpc) is 2.40. The van der Waals surface area contributed by atoms with E-state index in [-0.39, 0.29) is 12.0 Å². The molecule has 2 N–H and O–H groups in total. The molecule has 0 radical (unpaired) electrons. The van der Waals surface area contributed by atoms with Crippen molar-refractivity contribution in [2.75, 3.05) is 0 Å². The SMILES string of the molecule is CCCC(C#N)=C(N)c1c(F)c(F)c(F)c(F)c1F. The second kappa shape index (κ2) is 5.69. The highest BCUT2D eigenvalue weighted by molar-refractivity contribution is 5.70. The van der Waals surface area contributed by atoms with Crippen LogP contribution in [0.2, 0.25) is 0 Å². The molecular formula is C12H9F5N2. The lowest BCUT2D eigenvalue weighted by atomic mass is 10.0. The highest BCUT2D eigenvalue weighted by atomic mass is 19.2. The predicted molar refractivity (Wildman–Crippen MR) is 57.9 cm³/mol. The Hall–Kier alpha value is -2.10. The molecule has 102 valence electrons. The summed E-state index contributed by atoms with van der Waals surface area (Å²) in [5.41, 5.74) is 3.11. The summed E-state index contributed by atoms with van der Waals surface area (Å²) in [4.78, 5) is 0. The third-order valence-electron chi connectivity index (χ3n) is 2.44. The molecule has 19 heavy (non-hydrogen) atoms. The summed E-state index contributed by atoms with van der Waals surface area (Å²) in [7, 11) is 0. The van der Waals surface area contributed by atoms with E-state index in [1.54, 1.807) is 13.0 Å². The molecule has 0 spiro atoms. The zero-order chi connectivity index (χ0) is 14.7. The van der Waals surface area contributed by atoms with Gasteiger partial charge in [0.2, 0.25) is 5.82 Å². The van der Waals surface area contributed by atoms with Gasteiger partial charge in [-0.15, -0.1) is 0 Å². The Kier molecular flexibility index (Phi) is 4.48. The van der Waals surface area contributed by atoms with Crippen molar-refractivity contribution in [2.45, 2.75) is 19.8 Å². The maximum Gasteiger partial charge on any atom is 0.200 e. The van der Waals surface area contributed by atoms with Gasteiger partial charge in [-0.3, -0.25) is 0 Å². The van der Waals surface area contributed by atoms with Crippen molar-refractivity contribution in [1.29, 1.82) is 5.26 Å². The Morgan fingerprint density at radius 3 is 1.79 bits per heavy atom. The van der Waals surface area contributed by atoms with Crippen molar-refractivity contribution in [3.8, 4) is 6.07 Å². The normalized spacial score (nSPS) is 12.1. The first-order valence-corrected chi connectivity index (χ1v) is 5.27. The molecule has 1 aromatic carbocycles. The van der Waals surface area contributed by atoms with E-state index in [1.807, 2.05) is 0 Å². The van der Waals surface area contributed by atoms with Gasteiger partial charge in [0, 0.05) is 0 Å². The molecule has 0 bridgehead atoms. The summed E-state index contributed by atoms with van der Waals surface area (Å²) >= 11 is 0. The summed E-state index contributed by atoms with van der Waals surface area (Å²) < 4.78 is 65.7. The van der Waals surface area contributed by atoms with E-state index < -0.39 is 40.3 Å². The van der Waals surface area contributed by atoms with Crippen molar-refractivity contribution in [3.63, 3.8) is 0 Å². The number of hydrogen-bond acceptors (Lipinski definition) is 2. The van der Waals surface area contributed by atoms with Crippen LogP contribution in [-0.4, -0.2) is 0 Å². The molecule has 0 fully saturated rings. The molecule has 0 atom stereocenters. The van der Waals surface area contributed by atoms with Gasteiger partial charge in [0.15, 0.2) is 23.3 Å². The number of allylic oxidation sites excluding steroid dienone is 1. The number of benzene rings is 1. The van der Waals surface area contributed by atoms with Crippen LogP contribution in [0.3, 0.4) is 0 Å². The molecule has 0 saturated carbocycles. The summed E-state index contributed by atoms with van der Waals surface area (Å²) in [5.74, 6) is -10.5. The number of nitrogens with zero attached hydrogens (tertiary/aromatic N) is 1. The maximum atomic E-state index is 13.4. The largest absolute Gasteiger partial charge is 0.397 e. The van der Waals surface area contributed by atoms with Crippen LogP contribution in [0.25, 0.3) is 5.70 Å². The summed E-state index contributed by atoms with van der Waals surface area (Å²) in [6.07, 6.45) is 0.501. The van der Waals surface area contributed by atoms with E-state index in [9.17, 15) is 22.0 Å². The molecule has 0 unspecified atom stereocenters. The van der Waals surface area contributed by atoms with Gasteiger partial charge in [0.05, 0.1) is 22.9 Å². The molecule has 0 aromatic heterocycles. The van der Waals surface area contributed by atoms with Crippen LogP contribution in [0, 0.1) is 40.4 Å². The molecule has 7 heteroatoms. The topological polar surface area (TPSA) is 49.8 Å². The Bertz CT molecular complexity index is 558. The minimum atomic E-state index is -2.26. The van der Waals surface area contributed by atoms with Crippen molar-refractivity contribution >= 4 is 5.70 Å². The van der Waals surface area contributed by atoms with Crippen molar-refractivity contribution in [3.05, 3.63) is 40.2 Å². The second-order valence-electron chi connectivity index (χ2n) is 3.70. The number of hydrogen-bond donors (Lipinski definition) is 1. The summed E-state index contributed by atoms with van der Waals surface area (Å²) in [6, 6.07) is 1.59. The van der Waals surface area contributed by atoms with Gasteiger partial charge in [0.25, 0.3) is 0 Å². The fraction of sp³-hybridized carbons (Fsp3) is 0.250. The van der Waals surface area contributed by atoms with Gasteiger partial charge < -0.3 is 5.73 Å². The summed E-state index contributed by atoms with van der Waals surface area (Å²) in [6.45, 7) is 1.67. The minimum absolute atomic E-state index is 0.0713. The van der Waals surface area contributed by atoms with Crippen LogP contribution < -0.4 is 5.73 Å². The monoisotopic (exact) mass is 276 g/mol. The first-order chi connectivity index (χ1) is 8.86. The Morgan fingerprint density at radius 2 is 1.42 bits per heavy atom. The van der Waals surface area contributed by atoms with E-state index in [4.69, 9.17) is 11.0 Å². The van der Waals surface area contributed by atoms with E-state index in [0.717, 1.165) is 0 Å². The first kappa shape index (κ1) is 15.0. The molecule has 0 saturated heterocycles. The highest BCUT2D eigenvalue weighted by Crippen LogP contribution is 2.28.